The molecule has 0 radical (unpaired) electrons. The Kier molecular flexibility index (Phi) is 2.21. The van der Waals surface area contributed by atoms with Gasteiger partial charge in [-0.1, -0.05) is 6.42 Å². The summed E-state index contributed by atoms with van der Waals surface area (Å²) in [5.74, 6) is 0.741. The van der Waals surface area contributed by atoms with Crippen LogP contribution in [0.25, 0.3) is 0 Å². The normalized spacial score (nSPS) is 16.4. The lowest BCUT2D eigenvalue weighted by molar-refractivity contribution is 0.469. The molecule has 0 spiro atoms. The second kappa shape index (κ2) is 3.36. The first-order valence-electron chi connectivity index (χ1n) is 4.90. The second-order valence-corrected chi connectivity index (χ2v) is 3.71. The number of aryl methyl sites for hydroxylation is 2. The summed E-state index contributed by atoms with van der Waals surface area (Å²) >= 11 is 0. The van der Waals surface area contributed by atoms with Crippen LogP contribution in [0.4, 0.5) is 0 Å². The molecule has 0 aromatic carbocycles. The first kappa shape index (κ1) is 8.54. The average Bonchev–Trinajstić information content (AvgIpc) is 2.28. The molecule has 0 saturated carbocycles. The first-order chi connectivity index (χ1) is 6.27. The van der Waals surface area contributed by atoms with Crippen LogP contribution in [0.5, 0.6) is 0 Å². The average molecular weight is 178 g/mol. The molecular formula is C11H14O2. The highest BCUT2D eigenvalue weighted by molar-refractivity contribution is 5.25. The molecule has 1 aromatic rings. The zero-order chi connectivity index (χ0) is 9.26. The van der Waals surface area contributed by atoms with Crippen molar-refractivity contribution in [2.24, 2.45) is 0 Å². The molecule has 0 aliphatic heterocycles. The lowest BCUT2D eigenvalue weighted by atomic mass is 10.1. The summed E-state index contributed by atoms with van der Waals surface area (Å²) in [5, 5.41) is 0. The van der Waals surface area contributed by atoms with Crippen molar-refractivity contribution < 1.29 is 4.42 Å². The van der Waals surface area contributed by atoms with Crippen LogP contribution in [-0.4, -0.2) is 0 Å². The zero-order valence-electron chi connectivity index (χ0n) is 7.93. The van der Waals surface area contributed by atoms with Gasteiger partial charge < -0.3 is 4.42 Å². The summed E-state index contributed by atoms with van der Waals surface area (Å²) in [6.45, 7) is 1.84. The van der Waals surface area contributed by atoms with E-state index in [4.69, 9.17) is 4.42 Å². The van der Waals surface area contributed by atoms with Crippen molar-refractivity contribution in [1.29, 1.82) is 0 Å². The standard InChI is InChI=1S/C11H14O2/c1-8-7-9-5-3-2-4-6-10(9)11(12)13-8/h7H,2-6H2,1H3. The fourth-order valence-corrected chi connectivity index (χ4v) is 1.98. The van der Waals surface area contributed by atoms with E-state index in [0.717, 1.165) is 30.6 Å². The fraction of sp³-hybridized carbons (Fsp3) is 0.545. The molecule has 1 heterocycles. The van der Waals surface area contributed by atoms with Crippen LogP contribution in [0.3, 0.4) is 0 Å². The van der Waals surface area contributed by atoms with Gasteiger partial charge >= 0.3 is 5.63 Å². The monoisotopic (exact) mass is 178 g/mol. The number of fused-ring (bicyclic) bond motifs is 1. The van der Waals surface area contributed by atoms with Crippen LogP contribution in [0.1, 0.15) is 36.1 Å². The lowest BCUT2D eigenvalue weighted by Crippen LogP contribution is -2.10. The number of hydrogen-bond donors (Lipinski definition) is 0. The summed E-state index contributed by atoms with van der Waals surface area (Å²) in [4.78, 5) is 11.5. The Morgan fingerprint density at radius 2 is 2.00 bits per heavy atom. The topological polar surface area (TPSA) is 30.2 Å². The maximum Gasteiger partial charge on any atom is 0.339 e. The molecule has 0 amide bonds. The van der Waals surface area contributed by atoms with E-state index in [2.05, 4.69) is 0 Å². The van der Waals surface area contributed by atoms with Crippen molar-refractivity contribution in [3.05, 3.63) is 33.4 Å². The molecule has 1 aliphatic carbocycles. The molecule has 2 rings (SSSR count). The molecule has 13 heavy (non-hydrogen) atoms. The third kappa shape index (κ3) is 1.67. The highest BCUT2D eigenvalue weighted by atomic mass is 16.4. The molecule has 1 aliphatic rings. The van der Waals surface area contributed by atoms with Crippen molar-refractivity contribution >= 4 is 0 Å². The molecule has 2 nitrogen and oxygen atoms in total. The summed E-state index contributed by atoms with van der Waals surface area (Å²) in [7, 11) is 0. The highest BCUT2D eigenvalue weighted by Crippen LogP contribution is 2.18. The van der Waals surface area contributed by atoms with Crippen LogP contribution in [0, 0.1) is 6.92 Å². The smallest absolute Gasteiger partial charge is 0.339 e. The van der Waals surface area contributed by atoms with Gasteiger partial charge in [0.25, 0.3) is 0 Å². The van der Waals surface area contributed by atoms with Crippen molar-refractivity contribution in [2.75, 3.05) is 0 Å². The van der Waals surface area contributed by atoms with E-state index in [1.807, 2.05) is 13.0 Å². The zero-order valence-corrected chi connectivity index (χ0v) is 7.93. The molecule has 0 saturated heterocycles. The van der Waals surface area contributed by atoms with Gasteiger partial charge in [0, 0.05) is 5.56 Å². The van der Waals surface area contributed by atoms with Gasteiger partial charge in [-0.05, 0) is 44.2 Å². The maximum absolute atomic E-state index is 11.5. The second-order valence-electron chi connectivity index (χ2n) is 3.71. The molecule has 1 aromatic heterocycles. The Labute approximate surface area is 77.6 Å². The Morgan fingerprint density at radius 1 is 1.23 bits per heavy atom. The van der Waals surface area contributed by atoms with Crippen LogP contribution < -0.4 is 5.63 Å². The third-order valence-electron chi connectivity index (χ3n) is 2.64. The van der Waals surface area contributed by atoms with E-state index in [1.165, 1.54) is 18.4 Å². The summed E-state index contributed by atoms with van der Waals surface area (Å²) in [6, 6.07) is 2.02. The summed E-state index contributed by atoms with van der Waals surface area (Å²) in [6.07, 6.45) is 5.50. The van der Waals surface area contributed by atoms with Crippen molar-refractivity contribution in [3.8, 4) is 0 Å². The minimum absolute atomic E-state index is 0.114. The highest BCUT2D eigenvalue weighted by Gasteiger charge is 2.12. The van der Waals surface area contributed by atoms with E-state index >= 15 is 0 Å². The third-order valence-corrected chi connectivity index (χ3v) is 2.64. The van der Waals surface area contributed by atoms with Gasteiger partial charge in [-0.2, -0.15) is 0 Å². The molecule has 0 fully saturated rings. The van der Waals surface area contributed by atoms with Crippen molar-refractivity contribution in [3.63, 3.8) is 0 Å². The lowest BCUT2D eigenvalue weighted by Gasteiger charge is -2.03. The van der Waals surface area contributed by atoms with E-state index < -0.39 is 0 Å². The summed E-state index contributed by atoms with van der Waals surface area (Å²) < 4.78 is 5.08. The Bertz CT molecular complexity index is 363. The fourth-order valence-electron chi connectivity index (χ4n) is 1.98. The van der Waals surface area contributed by atoms with Crippen LogP contribution in [0.15, 0.2) is 15.3 Å². The van der Waals surface area contributed by atoms with Gasteiger partial charge in [0.1, 0.15) is 5.76 Å². The van der Waals surface area contributed by atoms with Gasteiger partial charge in [-0.3, -0.25) is 0 Å². The number of rotatable bonds is 0. The van der Waals surface area contributed by atoms with Gasteiger partial charge in [-0.25, -0.2) is 4.79 Å². The van der Waals surface area contributed by atoms with Crippen LogP contribution >= 0.6 is 0 Å². The molecule has 0 bridgehead atoms. The Hall–Kier alpha value is -1.05. The summed E-state index contributed by atoms with van der Waals surface area (Å²) in [5.41, 5.74) is 2.02. The number of hydrogen-bond acceptors (Lipinski definition) is 2. The quantitative estimate of drug-likeness (QED) is 0.570. The minimum atomic E-state index is -0.114. The van der Waals surface area contributed by atoms with E-state index in [0.29, 0.717) is 0 Å². The molecular weight excluding hydrogens is 164 g/mol. The van der Waals surface area contributed by atoms with Gasteiger partial charge in [0.2, 0.25) is 0 Å². The molecule has 0 unspecified atom stereocenters. The SMILES string of the molecule is Cc1cc2c(c(=O)o1)CCCCC2. The predicted molar refractivity (Wildman–Crippen MR) is 51.0 cm³/mol. The molecule has 0 atom stereocenters. The van der Waals surface area contributed by atoms with Crippen molar-refractivity contribution in [1.82, 2.24) is 0 Å². The van der Waals surface area contributed by atoms with Gasteiger partial charge in [-0.15, -0.1) is 0 Å². The Balaban J connectivity index is 2.53. The van der Waals surface area contributed by atoms with Crippen molar-refractivity contribution in [2.45, 2.75) is 39.0 Å². The first-order valence-corrected chi connectivity index (χ1v) is 4.90. The maximum atomic E-state index is 11.5. The van der Waals surface area contributed by atoms with E-state index in [9.17, 15) is 4.79 Å². The van der Waals surface area contributed by atoms with E-state index in [-0.39, 0.29) is 5.63 Å². The predicted octanol–water partition coefficient (Wildman–Crippen LogP) is 2.22. The van der Waals surface area contributed by atoms with Crippen LogP contribution in [-0.2, 0) is 12.8 Å². The minimum Gasteiger partial charge on any atom is -0.428 e. The largest absolute Gasteiger partial charge is 0.428 e. The van der Waals surface area contributed by atoms with E-state index in [1.54, 1.807) is 0 Å². The Morgan fingerprint density at radius 3 is 2.85 bits per heavy atom. The molecule has 70 valence electrons. The van der Waals surface area contributed by atoms with Gasteiger partial charge in [0.15, 0.2) is 0 Å². The van der Waals surface area contributed by atoms with Crippen LogP contribution in [0.2, 0.25) is 0 Å². The van der Waals surface area contributed by atoms with Gasteiger partial charge in [0.05, 0.1) is 0 Å². The molecule has 2 heteroatoms. The molecule has 0 N–H and O–H groups in total.